The number of urea groups is 1. The van der Waals surface area contributed by atoms with Crippen molar-refractivity contribution >= 4 is 18.0 Å². The molecule has 1 rings (SSSR count). The monoisotopic (exact) mass is 272 g/mol. The topological polar surface area (TPSA) is 76.2 Å². The van der Waals surface area contributed by atoms with E-state index in [4.69, 9.17) is 4.74 Å². The molecule has 1 atom stereocenters. The van der Waals surface area contributed by atoms with Crippen LogP contribution < -0.4 is 0 Å². The molecular formula is C12H20N2O5. The molecule has 7 heteroatoms. The van der Waals surface area contributed by atoms with Gasteiger partial charge in [-0.15, -0.1) is 0 Å². The average Bonchev–Trinajstić information content (AvgIpc) is 2.86. The number of carbonyl (C=O) groups excluding carboxylic acids is 3. The zero-order valence-corrected chi connectivity index (χ0v) is 11.5. The molecule has 7 nitrogen and oxygen atoms in total. The lowest BCUT2D eigenvalue weighted by Gasteiger charge is -2.27. The molecule has 108 valence electrons. The summed E-state index contributed by atoms with van der Waals surface area (Å²) < 4.78 is 9.45. The number of nitrogens with zero attached hydrogens (tertiary/aromatic N) is 2. The minimum Gasteiger partial charge on any atom is -0.467 e. The van der Waals surface area contributed by atoms with Crippen molar-refractivity contribution < 1.29 is 23.9 Å². The molecule has 1 heterocycles. The molecule has 1 fully saturated rings. The van der Waals surface area contributed by atoms with Gasteiger partial charge in [0.05, 0.1) is 13.7 Å². The molecule has 0 aromatic carbocycles. The summed E-state index contributed by atoms with van der Waals surface area (Å²) in [5, 5.41) is 0. The van der Waals surface area contributed by atoms with Crippen molar-refractivity contribution in [3.8, 4) is 0 Å². The van der Waals surface area contributed by atoms with Crippen LogP contribution in [0.25, 0.3) is 0 Å². The summed E-state index contributed by atoms with van der Waals surface area (Å²) in [6.07, 6.45) is 1.34. The summed E-state index contributed by atoms with van der Waals surface area (Å²) in [6, 6.07) is -0.914. The fourth-order valence-electron chi connectivity index (χ4n) is 2.06. The Morgan fingerprint density at radius 1 is 1.37 bits per heavy atom. The Morgan fingerprint density at radius 3 is 2.63 bits per heavy atom. The van der Waals surface area contributed by atoms with E-state index in [0.29, 0.717) is 13.0 Å². The number of esters is 2. The number of amides is 2. The van der Waals surface area contributed by atoms with Gasteiger partial charge in [0.1, 0.15) is 12.6 Å². The van der Waals surface area contributed by atoms with Gasteiger partial charge in [-0.25, -0.2) is 9.59 Å². The summed E-state index contributed by atoms with van der Waals surface area (Å²) in [5.74, 6) is -0.887. The van der Waals surface area contributed by atoms with Crippen LogP contribution >= 0.6 is 0 Å². The molecular weight excluding hydrogens is 252 g/mol. The van der Waals surface area contributed by atoms with E-state index >= 15 is 0 Å². The van der Waals surface area contributed by atoms with Gasteiger partial charge in [-0.2, -0.15) is 0 Å². The van der Waals surface area contributed by atoms with E-state index in [0.717, 1.165) is 6.42 Å². The highest BCUT2D eigenvalue weighted by Crippen LogP contribution is 2.19. The molecule has 2 amide bonds. The van der Waals surface area contributed by atoms with E-state index in [9.17, 15) is 14.4 Å². The molecule has 1 saturated heterocycles. The lowest BCUT2D eigenvalue weighted by atomic mass is 10.2. The molecule has 0 spiro atoms. The van der Waals surface area contributed by atoms with E-state index in [2.05, 4.69) is 4.74 Å². The second-order valence-corrected chi connectivity index (χ2v) is 4.32. The first kappa shape index (κ1) is 15.3. The Bertz CT molecular complexity index is 358. The summed E-state index contributed by atoms with van der Waals surface area (Å²) in [4.78, 5) is 37.7. The molecule has 0 unspecified atom stereocenters. The van der Waals surface area contributed by atoms with Gasteiger partial charge in [-0.3, -0.25) is 4.79 Å². The fraction of sp³-hybridized carbons (Fsp3) is 0.750. The summed E-state index contributed by atoms with van der Waals surface area (Å²) in [5.41, 5.74) is 0. The lowest BCUT2D eigenvalue weighted by Crippen LogP contribution is -2.48. The molecule has 0 saturated carbocycles. The van der Waals surface area contributed by atoms with Crippen LogP contribution in [0.4, 0.5) is 4.79 Å². The number of carbonyl (C=O) groups is 3. The van der Waals surface area contributed by atoms with Gasteiger partial charge >= 0.3 is 18.0 Å². The lowest BCUT2D eigenvalue weighted by molar-refractivity contribution is -0.145. The van der Waals surface area contributed by atoms with Crippen LogP contribution in [0, 0.1) is 0 Å². The van der Waals surface area contributed by atoms with Crippen LogP contribution in [0.1, 0.15) is 19.8 Å². The summed E-state index contributed by atoms with van der Waals surface area (Å²) in [6.45, 7) is 2.34. The normalized spacial score (nSPS) is 18.1. The molecule has 19 heavy (non-hydrogen) atoms. The SMILES string of the molecule is CCOC(=O)CN(C)C(=O)N1CCC[C@H]1C(=O)OC. The van der Waals surface area contributed by atoms with Crippen molar-refractivity contribution in [2.75, 3.05) is 33.9 Å². The van der Waals surface area contributed by atoms with Crippen molar-refractivity contribution in [2.24, 2.45) is 0 Å². The number of methoxy groups -OCH3 is 1. The van der Waals surface area contributed by atoms with Crippen LogP contribution in [0.3, 0.4) is 0 Å². The van der Waals surface area contributed by atoms with Crippen LogP contribution in [-0.4, -0.2) is 67.7 Å². The summed E-state index contributed by atoms with van der Waals surface area (Å²) >= 11 is 0. The molecule has 0 aromatic rings. The minimum absolute atomic E-state index is 0.128. The Labute approximate surface area is 112 Å². The maximum Gasteiger partial charge on any atom is 0.328 e. The first-order valence-electron chi connectivity index (χ1n) is 6.26. The van der Waals surface area contributed by atoms with Gasteiger partial charge in [0, 0.05) is 13.6 Å². The molecule has 1 aliphatic rings. The molecule has 0 bridgehead atoms. The molecule has 0 aliphatic carbocycles. The number of likely N-dealkylation sites (N-methyl/N-ethyl adjacent to an activating group) is 1. The highest BCUT2D eigenvalue weighted by Gasteiger charge is 2.36. The second kappa shape index (κ2) is 6.96. The van der Waals surface area contributed by atoms with Crippen molar-refractivity contribution in [3.05, 3.63) is 0 Å². The van der Waals surface area contributed by atoms with Crippen molar-refractivity contribution in [1.82, 2.24) is 9.80 Å². The zero-order valence-electron chi connectivity index (χ0n) is 11.5. The summed E-state index contributed by atoms with van der Waals surface area (Å²) in [7, 11) is 2.80. The number of hydrogen-bond acceptors (Lipinski definition) is 5. The highest BCUT2D eigenvalue weighted by molar-refractivity contribution is 5.86. The zero-order chi connectivity index (χ0) is 14.4. The fourth-order valence-corrected chi connectivity index (χ4v) is 2.06. The number of hydrogen-bond donors (Lipinski definition) is 0. The van der Waals surface area contributed by atoms with Gasteiger partial charge in [-0.05, 0) is 19.8 Å². The van der Waals surface area contributed by atoms with Crippen LogP contribution in [0.5, 0.6) is 0 Å². The van der Waals surface area contributed by atoms with Gasteiger partial charge in [0.15, 0.2) is 0 Å². The third-order valence-corrected chi connectivity index (χ3v) is 2.97. The van der Waals surface area contributed by atoms with Gasteiger partial charge in [-0.1, -0.05) is 0 Å². The first-order valence-corrected chi connectivity index (χ1v) is 6.26. The van der Waals surface area contributed by atoms with E-state index in [1.54, 1.807) is 6.92 Å². The third kappa shape index (κ3) is 3.84. The molecule has 0 radical (unpaired) electrons. The van der Waals surface area contributed by atoms with Gasteiger partial charge in [0.2, 0.25) is 0 Å². The predicted molar refractivity (Wildman–Crippen MR) is 66.4 cm³/mol. The first-order chi connectivity index (χ1) is 9.01. The predicted octanol–water partition coefficient (Wildman–Crippen LogP) is 0.239. The Balaban J connectivity index is 2.60. The van der Waals surface area contributed by atoms with Crippen LogP contribution in [0.15, 0.2) is 0 Å². The number of likely N-dealkylation sites (tertiary alicyclic amines) is 1. The largest absolute Gasteiger partial charge is 0.467 e. The van der Waals surface area contributed by atoms with E-state index < -0.39 is 18.0 Å². The van der Waals surface area contributed by atoms with Crippen molar-refractivity contribution in [3.63, 3.8) is 0 Å². The smallest absolute Gasteiger partial charge is 0.328 e. The third-order valence-electron chi connectivity index (χ3n) is 2.97. The maximum absolute atomic E-state index is 12.2. The standard InChI is InChI=1S/C12H20N2O5/c1-4-19-10(15)8-13(2)12(17)14-7-5-6-9(14)11(16)18-3/h9H,4-8H2,1-3H3/t9-/m0/s1. The van der Waals surface area contributed by atoms with Gasteiger partial charge in [0.25, 0.3) is 0 Å². The Morgan fingerprint density at radius 2 is 2.05 bits per heavy atom. The molecule has 0 N–H and O–H groups in total. The highest BCUT2D eigenvalue weighted by atomic mass is 16.5. The van der Waals surface area contributed by atoms with Crippen molar-refractivity contribution in [2.45, 2.75) is 25.8 Å². The van der Waals surface area contributed by atoms with E-state index in [1.165, 1.54) is 24.0 Å². The van der Waals surface area contributed by atoms with E-state index in [-0.39, 0.29) is 19.2 Å². The Kier molecular flexibility index (Phi) is 5.59. The van der Waals surface area contributed by atoms with E-state index in [1.807, 2.05) is 0 Å². The molecule has 0 aromatic heterocycles. The second-order valence-electron chi connectivity index (χ2n) is 4.32. The molecule has 1 aliphatic heterocycles. The van der Waals surface area contributed by atoms with Crippen LogP contribution in [-0.2, 0) is 19.1 Å². The number of rotatable bonds is 4. The van der Waals surface area contributed by atoms with Crippen LogP contribution in [0.2, 0.25) is 0 Å². The average molecular weight is 272 g/mol. The maximum atomic E-state index is 12.2. The number of ether oxygens (including phenoxy) is 2. The Hall–Kier alpha value is -1.79. The van der Waals surface area contributed by atoms with Gasteiger partial charge < -0.3 is 19.3 Å². The van der Waals surface area contributed by atoms with Crippen molar-refractivity contribution in [1.29, 1.82) is 0 Å². The minimum atomic E-state index is -0.554. The quantitative estimate of drug-likeness (QED) is 0.685.